The summed E-state index contributed by atoms with van der Waals surface area (Å²) in [6.45, 7) is 5.68. The molecule has 0 spiro atoms. The van der Waals surface area contributed by atoms with Gasteiger partial charge in [-0.3, -0.25) is 0 Å². The van der Waals surface area contributed by atoms with E-state index in [1.165, 1.54) is 18.4 Å². The van der Waals surface area contributed by atoms with Crippen molar-refractivity contribution < 1.29 is 9.53 Å². The highest BCUT2D eigenvalue weighted by atomic mass is 16.6. The Morgan fingerprint density at radius 3 is 2.42 bits per heavy atom. The second-order valence-corrected chi connectivity index (χ2v) is 7.76. The minimum atomic E-state index is -0.426. The maximum absolute atomic E-state index is 11.8. The van der Waals surface area contributed by atoms with Crippen LogP contribution >= 0.6 is 0 Å². The fourth-order valence-corrected chi connectivity index (χ4v) is 3.14. The molecule has 3 heteroatoms. The van der Waals surface area contributed by atoms with Crippen molar-refractivity contribution in [1.29, 1.82) is 0 Å². The molecule has 0 unspecified atom stereocenters. The van der Waals surface area contributed by atoms with E-state index < -0.39 is 5.60 Å². The summed E-state index contributed by atoms with van der Waals surface area (Å²) in [6.07, 6.45) is 10.9. The first-order valence-electron chi connectivity index (χ1n) is 9.11. The summed E-state index contributed by atoms with van der Waals surface area (Å²) in [6, 6.07) is 10.8. The molecule has 132 valence electrons. The van der Waals surface area contributed by atoms with Gasteiger partial charge >= 0.3 is 6.09 Å². The summed E-state index contributed by atoms with van der Waals surface area (Å²) in [5, 5.41) is 3.01. The van der Waals surface area contributed by atoms with Crippen LogP contribution in [0.25, 0.3) is 0 Å². The second kappa shape index (κ2) is 8.91. The quantitative estimate of drug-likeness (QED) is 0.748. The smallest absolute Gasteiger partial charge is 0.407 e. The van der Waals surface area contributed by atoms with Gasteiger partial charge in [0.05, 0.1) is 0 Å². The molecule has 1 saturated carbocycles. The normalized spacial score (nSPS) is 21.6. The van der Waals surface area contributed by atoms with E-state index in [0.717, 1.165) is 31.6 Å². The zero-order valence-electron chi connectivity index (χ0n) is 15.3. The lowest BCUT2D eigenvalue weighted by molar-refractivity contribution is 0.0487. The van der Waals surface area contributed by atoms with E-state index in [1.54, 1.807) is 0 Å². The van der Waals surface area contributed by atoms with Gasteiger partial charge in [-0.1, -0.05) is 42.5 Å². The van der Waals surface area contributed by atoms with Gasteiger partial charge in [-0.2, -0.15) is 0 Å². The molecule has 0 heterocycles. The molecular weight excluding hydrogens is 298 g/mol. The van der Waals surface area contributed by atoms with Gasteiger partial charge in [0.25, 0.3) is 0 Å². The highest BCUT2D eigenvalue weighted by molar-refractivity contribution is 5.68. The summed E-state index contributed by atoms with van der Waals surface area (Å²) in [5.41, 5.74) is 0.934. The summed E-state index contributed by atoms with van der Waals surface area (Å²) in [5.74, 6) is 0.744. The molecule has 0 bridgehead atoms. The van der Waals surface area contributed by atoms with Gasteiger partial charge in [0.1, 0.15) is 5.60 Å². The molecule has 0 aromatic heterocycles. The number of nitrogens with one attached hydrogen (secondary N) is 1. The number of benzene rings is 1. The van der Waals surface area contributed by atoms with Crippen molar-refractivity contribution in [3.05, 3.63) is 48.0 Å². The van der Waals surface area contributed by atoms with Gasteiger partial charge < -0.3 is 10.1 Å². The van der Waals surface area contributed by atoms with Crippen molar-refractivity contribution in [2.45, 2.75) is 70.9 Å². The molecule has 1 amide bonds. The Bertz CT molecular complexity index is 523. The van der Waals surface area contributed by atoms with E-state index in [9.17, 15) is 4.79 Å². The monoisotopic (exact) mass is 329 g/mol. The summed E-state index contributed by atoms with van der Waals surface area (Å²) in [4.78, 5) is 11.8. The number of carbonyl (C=O) groups is 1. The van der Waals surface area contributed by atoms with Crippen molar-refractivity contribution in [1.82, 2.24) is 5.32 Å². The van der Waals surface area contributed by atoms with Crippen LogP contribution in [-0.2, 0) is 11.2 Å². The SMILES string of the molecule is CC(C)(C)OC(=O)NC1CCC(C/C=C/Cc2ccccc2)CC1. The minimum Gasteiger partial charge on any atom is -0.444 e. The fourth-order valence-electron chi connectivity index (χ4n) is 3.14. The Labute approximate surface area is 146 Å². The lowest BCUT2D eigenvalue weighted by Gasteiger charge is -2.29. The molecule has 0 atom stereocenters. The lowest BCUT2D eigenvalue weighted by atomic mass is 9.84. The van der Waals surface area contributed by atoms with Gasteiger partial charge in [-0.15, -0.1) is 0 Å². The number of rotatable bonds is 5. The van der Waals surface area contributed by atoms with Gasteiger partial charge in [0.2, 0.25) is 0 Å². The van der Waals surface area contributed by atoms with Crippen molar-refractivity contribution in [2.24, 2.45) is 5.92 Å². The van der Waals surface area contributed by atoms with Crippen LogP contribution in [0.4, 0.5) is 4.79 Å². The van der Waals surface area contributed by atoms with E-state index in [-0.39, 0.29) is 12.1 Å². The van der Waals surface area contributed by atoms with Crippen LogP contribution in [-0.4, -0.2) is 17.7 Å². The number of amides is 1. The number of carbonyl (C=O) groups excluding carboxylic acids is 1. The third kappa shape index (κ3) is 7.20. The van der Waals surface area contributed by atoms with Crippen LogP contribution in [0.5, 0.6) is 0 Å². The lowest BCUT2D eigenvalue weighted by Crippen LogP contribution is -2.40. The van der Waals surface area contributed by atoms with E-state index in [4.69, 9.17) is 4.74 Å². The molecule has 0 radical (unpaired) electrons. The molecular formula is C21H31NO2. The number of allylic oxidation sites excluding steroid dienone is 2. The molecule has 1 aliphatic carbocycles. The van der Waals surface area contributed by atoms with Crippen molar-refractivity contribution in [3.63, 3.8) is 0 Å². The summed E-state index contributed by atoms with van der Waals surface area (Å²) >= 11 is 0. The summed E-state index contributed by atoms with van der Waals surface area (Å²) in [7, 11) is 0. The summed E-state index contributed by atoms with van der Waals surface area (Å²) < 4.78 is 5.33. The van der Waals surface area contributed by atoms with E-state index >= 15 is 0 Å². The first-order valence-corrected chi connectivity index (χ1v) is 9.11. The maximum Gasteiger partial charge on any atom is 0.407 e. The average Bonchev–Trinajstić information content (AvgIpc) is 2.52. The second-order valence-electron chi connectivity index (χ2n) is 7.76. The molecule has 1 N–H and O–H groups in total. The van der Waals surface area contributed by atoms with Crippen LogP contribution in [0.15, 0.2) is 42.5 Å². The topological polar surface area (TPSA) is 38.3 Å². The predicted octanol–water partition coefficient (Wildman–Crippen LogP) is 5.26. The maximum atomic E-state index is 11.8. The first-order chi connectivity index (χ1) is 11.4. The number of hydrogen-bond acceptors (Lipinski definition) is 2. The zero-order chi connectivity index (χ0) is 17.4. The van der Waals surface area contributed by atoms with Crippen LogP contribution in [0, 0.1) is 5.92 Å². The van der Waals surface area contributed by atoms with Crippen molar-refractivity contribution in [2.75, 3.05) is 0 Å². The van der Waals surface area contributed by atoms with Crippen molar-refractivity contribution in [3.8, 4) is 0 Å². The molecule has 1 aromatic rings. The number of alkyl carbamates (subject to hydrolysis) is 1. The standard InChI is InChI=1S/C21H31NO2/c1-21(2,3)24-20(23)22-19-15-13-18(14-16-19)12-8-7-11-17-9-5-4-6-10-17/h4-10,18-19H,11-16H2,1-3H3,(H,22,23)/b8-7+. The van der Waals surface area contributed by atoms with Gasteiger partial charge in [0.15, 0.2) is 0 Å². The number of ether oxygens (including phenoxy) is 1. The van der Waals surface area contributed by atoms with E-state index in [1.807, 2.05) is 20.8 Å². The molecule has 0 aliphatic heterocycles. The van der Waals surface area contributed by atoms with Crippen molar-refractivity contribution >= 4 is 6.09 Å². The largest absolute Gasteiger partial charge is 0.444 e. The highest BCUT2D eigenvalue weighted by Crippen LogP contribution is 2.27. The molecule has 24 heavy (non-hydrogen) atoms. The third-order valence-corrected chi connectivity index (χ3v) is 4.40. The molecule has 0 saturated heterocycles. The Hall–Kier alpha value is -1.77. The Balaban J connectivity index is 1.63. The van der Waals surface area contributed by atoms with Crippen LogP contribution in [0.2, 0.25) is 0 Å². The van der Waals surface area contributed by atoms with Crippen LogP contribution in [0.1, 0.15) is 58.4 Å². The minimum absolute atomic E-state index is 0.268. The van der Waals surface area contributed by atoms with E-state index in [0.29, 0.717) is 0 Å². The van der Waals surface area contributed by atoms with Crippen LogP contribution in [0.3, 0.4) is 0 Å². The molecule has 2 rings (SSSR count). The molecule has 1 fully saturated rings. The van der Waals surface area contributed by atoms with E-state index in [2.05, 4.69) is 47.8 Å². The van der Waals surface area contributed by atoms with Gasteiger partial charge in [0, 0.05) is 6.04 Å². The van der Waals surface area contributed by atoms with Crippen LogP contribution < -0.4 is 5.32 Å². The molecule has 1 aliphatic rings. The zero-order valence-corrected chi connectivity index (χ0v) is 15.3. The predicted molar refractivity (Wildman–Crippen MR) is 99.0 cm³/mol. The number of hydrogen-bond donors (Lipinski definition) is 1. The third-order valence-electron chi connectivity index (χ3n) is 4.40. The highest BCUT2D eigenvalue weighted by Gasteiger charge is 2.24. The first kappa shape index (κ1) is 18.6. The van der Waals surface area contributed by atoms with Gasteiger partial charge in [-0.25, -0.2) is 4.79 Å². The van der Waals surface area contributed by atoms with Gasteiger partial charge in [-0.05, 0) is 70.8 Å². The molecule has 1 aromatic carbocycles. The Morgan fingerprint density at radius 1 is 1.12 bits per heavy atom. The average molecular weight is 329 g/mol. The molecule has 3 nitrogen and oxygen atoms in total. The Morgan fingerprint density at radius 2 is 1.79 bits per heavy atom. The fraction of sp³-hybridized carbons (Fsp3) is 0.571. The Kier molecular flexibility index (Phi) is 6.89.